The number of methoxy groups -OCH3 is 2. The number of carbonyl (C=O) groups excluding carboxylic acids is 1. The first kappa shape index (κ1) is 14.2. The molecule has 0 aliphatic carbocycles. The number of carbonyl (C=O) groups is 1. The first-order chi connectivity index (χ1) is 8.62. The fourth-order valence-corrected chi connectivity index (χ4v) is 1.61. The molecule has 1 amide bonds. The zero-order chi connectivity index (χ0) is 13.5. The molecular formula is C13H19NO4. The van der Waals surface area contributed by atoms with E-state index in [1.165, 1.54) is 0 Å². The van der Waals surface area contributed by atoms with Crippen molar-refractivity contribution in [3.05, 3.63) is 23.8 Å². The molecule has 0 bridgehead atoms. The van der Waals surface area contributed by atoms with E-state index < -0.39 is 6.09 Å². The Balaban J connectivity index is 2.88. The molecule has 1 aromatic rings. The molecule has 0 unspecified atom stereocenters. The third-order valence-electron chi connectivity index (χ3n) is 2.51. The molecule has 0 saturated carbocycles. The minimum absolute atomic E-state index is 0.228. The van der Waals surface area contributed by atoms with Gasteiger partial charge in [0.05, 0.1) is 26.9 Å². The molecule has 1 N–H and O–H groups in total. The minimum Gasteiger partial charge on any atom is -0.497 e. The number of hydrogen-bond donors (Lipinski definition) is 1. The van der Waals surface area contributed by atoms with Crippen molar-refractivity contribution < 1.29 is 19.0 Å². The molecular weight excluding hydrogens is 234 g/mol. The molecule has 0 radical (unpaired) electrons. The second-order valence-electron chi connectivity index (χ2n) is 3.69. The van der Waals surface area contributed by atoms with Crippen molar-refractivity contribution in [2.45, 2.75) is 19.9 Å². The van der Waals surface area contributed by atoms with Gasteiger partial charge in [-0.1, -0.05) is 0 Å². The molecule has 0 fully saturated rings. The lowest BCUT2D eigenvalue weighted by Crippen LogP contribution is -2.27. The first-order valence-corrected chi connectivity index (χ1v) is 5.77. The van der Waals surface area contributed by atoms with Crippen LogP contribution in [0.2, 0.25) is 0 Å². The first-order valence-electron chi connectivity index (χ1n) is 5.77. The highest BCUT2D eigenvalue weighted by molar-refractivity contribution is 5.68. The largest absolute Gasteiger partial charge is 0.497 e. The predicted molar refractivity (Wildman–Crippen MR) is 68.1 cm³/mol. The standard InChI is InChI=1S/C13H19NO4/c1-5-18-13(15)14-9(2)11-8-10(16-3)6-7-12(11)17-4/h6-9H,5H2,1-4H3,(H,14,15)/t9-/m0/s1. The fraction of sp³-hybridized carbons (Fsp3) is 0.462. The number of nitrogens with one attached hydrogen (secondary N) is 1. The third-order valence-corrected chi connectivity index (χ3v) is 2.51. The minimum atomic E-state index is -0.449. The van der Waals surface area contributed by atoms with Gasteiger partial charge < -0.3 is 19.5 Å². The van der Waals surface area contributed by atoms with E-state index in [-0.39, 0.29) is 6.04 Å². The molecule has 0 aliphatic rings. The second kappa shape index (κ2) is 6.74. The Bertz CT molecular complexity index is 406. The van der Waals surface area contributed by atoms with Crippen molar-refractivity contribution in [3.8, 4) is 11.5 Å². The van der Waals surface area contributed by atoms with Crippen molar-refractivity contribution in [2.24, 2.45) is 0 Å². The summed E-state index contributed by atoms with van der Waals surface area (Å²) in [5, 5.41) is 2.73. The lowest BCUT2D eigenvalue weighted by atomic mass is 10.1. The second-order valence-corrected chi connectivity index (χ2v) is 3.69. The van der Waals surface area contributed by atoms with Gasteiger partial charge in [-0.25, -0.2) is 4.79 Å². The van der Waals surface area contributed by atoms with E-state index in [4.69, 9.17) is 14.2 Å². The lowest BCUT2D eigenvalue weighted by Gasteiger charge is -2.17. The monoisotopic (exact) mass is 253 g/mol. The molecule has 0 aromatic heterocycles. The molecule has 0 aliphatic heterocycles. The Labute approximate surface area is 107 Å². The van der Waals surface area contributed by atoms with Crippen LogP contribution in [-0.4, -0.2) is 26.9 Å². The fourth-order valence-electron chi connectivity index (χ4n) is 1.61. The van der Waals surface area contributed by atoms with Crippen LogP contribution in [0.15, 0.2) is 18.2 Å². The summed E-state index contributed by atoms with van der Waals surface area (Å²) in [5.74, 6) is 1.41. The topological polar surface area (TPSA) is 56.8 Å². The van der Waals surface area contributed by atoms with E-state index >= 15 is 0 Å². The van der Waals surface area contributed by atoms with Gasteiger partial charge in [0.25, 0.3) is 0 Å². The van der Waals surface area contributed by atoms with E-state index in [1.807, 2.05) is 13.0 Å². The average molecular weight is 253 g/mol. The Morgan fingerprint density at radius 2 is 2.06 bits per heavy atom. The number of amides is 1. The van der Waals surface area contributed by atoms with Crippen molar-refractivity contribution >= 4 is 6.09 Å². The summed E-state index contributed by atoms with van der Waals surface area (Å²) >= 11 is 0. The van der Waals surface area contributed by atoms with Crippen molar-refractivity contribution in [3.63, 3.8) is 0 Å². The highest BCUT2D eigenvalue weighted by Crippen LogP contribution is 2.29. The lowest BCUT2D eigenvalue weighted by molar-refractivity contribution is 0.148. The van der Waals surface area contributed by atoms with Crippen LogP contribution in [0.3, 0.4) is 0 Å². The molecule has 18 heavy (non-hydrogen) atoms. The van der Waals surface area contributed by atoms with Gasteiger partial charge in [-0.15, -0.1) is 0 Å². The van der Waals surface area contributed by atoms with Crippen LogP contribution in [0.4, 0.5) is 4.79 Å². The van der Waals surface area contributed by atoms with Gasteiger partial charge in [-0.2, -0.15) is 0 Å². The van der Waals surface area contributed by atoms with Crippen molar-refractivity contribution in [1.29, 1.82) is 0 Å². The molecule has 1 aromatic carbocycles. The quantitative estimate of drug-likeness (QED) is 0.876. The van der Waals surface area contributed by atoms with E-state index in [0.29, 0.717) is 18.1 Å². The van der Waals surface area contributed by atoms with Gasteiger partial charge >= 0.3 is 6.09 Å². The Kier molecular flexibility index (Phi) is 5.30. The Morgan fingerprint density at radius 3 is 2.61 bits per heavy atom. The third kappa shape index (κ3) is 3.55. The zero-order valence-electron chi connectivity index (χ0n) is 11.1. The van der Waals surface area contributed by atoms with Crippen LogP contribution >= 0.6 is 0 Å². The van der Waals surface area contributed by atoms with Crippen LogP contribution in [0, 0.1) is 0 Å². The van der Waals surface area contributed by atoms with Gasteiger partial charge in [0, 0.05) is 5.56 Å². The maximum absolute atomic E-state index is 11.4. The Morgan fingerprint density at radius 1 is 1.33 bits per heavy atom. The predicted octanol–water partition coefficient (Wildman–Crippen LogP) is 2.51. The normalized spacial score (nSPS) is 11.6. The van der Waals surface area contributed by atoms with Crippen LogP contribution in [0.25, 0.3) is 0 Å². The van der Waals surface area contributed by atoms with Gasteiger partial charge in [-0.05, 0) is 32.0 Å². The van der Waals surface area contributed by atoms with Crippen LogP contribution in [0.1, 0.15) is 25.5 Å². The molecule has 5 nitrogen and oxygen atoms in total. The van der Waals surface area contributed by atoms with Gasteiger partial charge in [0.2, 0.25) is 0 Å². The summed E-state index contributed by atoms with van der Waals surface area (Å²) in [7, 11) is 3.18. The highest BCUT2D eigenvalue weighted by Gasteiger charge is 2.15. The van der Waals surface area contributed by atoms with Gasteiger partial charge in [0.1, 0.15) is 11.5 Å². The summed E-state index contributed by atoms with van der Waals surface area (Å²) in [6.45, 7) is 3.96. The van der Waals surface area contributed by atoms with E-state index in [2.05, 4.69) is 5.32 Å². The summed E-state index contributed by atoms with van der Waals surface area (Å²) in [4.78, 5) is 11.4. The van der Waals surface area contributed by atoms with E-state index in [1.54, 1.807) is 33.3 Å². The number of ether oxygens (including phenoxy) is 3. The van der Waals surface area contributed by atoms with Crippen LogP contribution in [-0.2, 0) is 4.74 Å². The average Bonchev–Trinajstić information content (AvgIpc) is 2.38. The van der Waals surface area contributed by atoms with Crippen LogP contribution in [0.5, 0.6) is 11.5 Å². The molecule has 0 spiro atoms. The summed E-state index contributed by atoms with van der Waals surface area (Å²) in [5.41, 5.74) is 0.838. The smallest absolute Gasteiger partial charge is 0.407 e. The maximum Gasteiger partial charge on any atom is 0.407 e. The molecule has 5 heteroatoms. The van der Waals surface area contributed by atoms with Crippen LogP contribution < -0.4 is 14.8 Å². The van der Waals surface area contributed by atoms with E-state index in [0.717, 1.165) is 5.56 Å². The van der Waals surface area contributed by atoms with Gasteiger partial charge in [-0.3, -0.25) is 0 Å². The Hall–Kier alpha value is -1.91. The molecule has 100 valence electrons. The van der Waals surface area contributed by atoms with Crippen molar-refractivity contribution in [2.75, 3.05) is 20.8 Å². The zero-order valence-corrected chi connectivity index (χ0v) is 11.1. The number of alkyl carbamates (subject to hydrolysis) is 1. The van der Waals surface area contributed by atoms with Crippen molar-refractivity contribution in [1.82, 2.24) is 5.32 Å². The van der Waals surface area contributed by atoms with E-state index in [9.17, 15) is 4.79 Å². The molecule has 0 saturated heterocycles. The van der Waals surface area contributed by atoms with Gasteiger partial charge in [0.15, 0.2) is 0 Å². The maximum atomic E-state index is 11.4. The molecule has 1 rings (SSSR count). The molecule has 0 heterocycles. The number of rotatable bonds is 5. The number of benzene rings is 1. The summed E-state index contributed by atoms with van der Waals surface area (Å²) in [6.07, 6.45) is -0.449. The SMILES string of the molecule is CCOC(=O)N[C@@H](C)c1cc(OC)ccc1OC. The molecule has 1 atom stereocenters. The highest BCUT2D eigenvalue weighted by atomic mass is 16.5. The summed E-state index contributed by atoms with van der Waals surface area (Å²) < 4.78 is 15.3. The number of hydrogen-bond acceptors (Lipinski definition) is 4. The summed E-state index contributed by atoms with van der Waals surface area (Å²) in [6, 6.07) is 5.21.